The summed E-state index contributed by atoms with van der Waals surface area (Å²) < 4.78 is 14.9. The van der Waals surface area contributed by atoms with Gasteiger partial charge in [-0.2, -0.15) is 0 Å². The summed E-state index contributed by atoms with van der Waals surface area (Å²) in [6, 6.07) is 8.19. The Kier molecular flexibility index (Phi) is 3.74. The molecule has 0 saturated carbocycles. The second-order valence-electron chi connectivity index (χ2n) is 6.68. The molecule has 0 radical (unpaired) electrons. The molecule has 0 aliphatic carbocycles. The summed E-state index contributed by atoms with van der Waals surface area (Å²) in [6.45, 7) is 10.2. The van der Waals surface area contributed by atoms with Crippen LogP contribution in [0.2, 0.25) is 0 Å². The van der Waals surface area contributed by atoms with E-state index in [0.717, 1.165) is 16.0 Å². The molecule has 22 heavy (non-hydrogen) atoms. The lowest BCUT2D eigenvalue weighted by atomic mass is 9.86. The molecule has 6 heteroatoms. The molecule has 4 nitrogen and oxygen atoms in total. The summed E-state index contributed by atoms with van der Waals surface area (Å²) in [7, 11) is -0.452. The van der Waals surface area contributed by atoms with Crippen molar-refractivity contribution < 1.29 is 9.31 Å². The highest BCUT2D eigenvalue weighted by atomic mass is 79.9. The minimum Gasteiger partial charge on any atom is -0.398 e. The smallest absolute Gasteiger partial charge is 0.398 e. The summed E-state index contributed by atoms with van der Waals surface area (Å²) in [5.41, 5.74) is 2.31. The minimum atomic E-state index is -0.452. The Morgan fingerprint density at radius 1 is 1.09 bits per heavy atom. The van der Waals surface area contributed by atoms with Gasteiger partial charge in [0.15, 0.2) is 4.73 Å². The van der Waals surface area contributed by atoms with Gasteiger partial charge < -0.3 is 9.31 Å². The van der Waals surface area contributed by atoms with Crippen LogP contribution in [-0.4, -0.2) is 27.9 Å². The Labute approximate surface area is 140 Å². The number of halogens is 1. The quantitative estimate of drug-likeness (QED) is 0.769. The highest BCUT2D eigenvalue weighted by molar-refractivity contribution is 9.10. The van der Waals surface area contributed by atoms with Crippen molar-refractivity contribution in [3.8, 4) is 5.69 Å². The van der Waals surface area contributed by atoms with Crippen LogP contribution in [0.1, 0.15) is 33.3 Å². The van der Waals surface area contributed by atoms with E-state index < -0.39 is 7.12 Å². The van der Waals surface area contributed by atoms with E-state index in [9.17, 15) is 0 Å². The van der Waals surface area contributed by atoms with Crippen LogP contribution in [0.3, 0.4) is 0 Å². The van der Waals surface area contributed by atoms with Crippen molar-refractivity contribution in [2.24, 2.45) is 0 Å². The average molecular weight is 363 g/mol. The first-order valence-electron chi connectivity index (χ1n) is 7.38. The van der Waals surface area contributed by atoms with Gasteiger partial charge in [0.05, 0.1) is 22.5 Å². The van der Waals surface area contributed by atoms with E-state index in [1.54, 1.807) is 0 Å². The second kappa shape index (κ2) is 5.22. The van der Waals surface area contributed by atoms with Crippen molar-refractivity contribution in [2.45, 2.75) is 45.8 Å². The normalized spacial score (nSPS) is 19.6. The van der Waals surface area contributed by atoms with Crippen LogP contribution in [-0.2, 0) is 9.31 Å². The molecule has 1 aliphatic heterocycles. The zero-order valence-electron chi connectivity index (χ0n) is 13.6. The van der Waals surface area contributed by atoms with E-state index in [2.05, 4.69) is 40.0 Å². The van der Waals surface area contributed by atoms with E-state index in [1.165, 1.54) is 5.56 Å². The molecule has 3 rings (SSSR count). The predicted octanol–water partition coefficient (Wildman–Crippen LogP) is 3.24. The minimum absolute atomic E-state index is 0.364. The zero-order chi connectivity index (χ0) is 16.1. The maximum absolute atomic E-state index is 6.07. The van der Waals surface area contributed by atoms with Crippen LogP contribution in [0.25, 0.3) is 5.69 Å². The van der Waals surface area contributed by atoms with Gasteiger partial charge in [-0.25, -0.2) is 4.98 Å². The third-order valence-electron chi connectivity index (χ3n) is 4.55. The first kappa shape index (κ1) is 15.8. The lowest BCUT2D eigenvalue weighted by Crippen LogP contribution is -2.41. The van der Waals surface area contributed by atoms with E-state index in [4.69, 9.17) is 9.31 Å². The number of hydrogen-bond donors (Lipinski definition) is 0. The van der Waals surface area contributed by atoms with Gasteiger partial charge in [0.2, 0.25) is 0 Å². The summed E-state index contributed by atoms with van der Waals surface area (Å²) in [4.78, 5) is 4.57. The molecule has 0 N–H and O–H groups in total. The summed E-state index contributed by atoms with van der Waals surface area (Å²) in [5, 5.41) is 0. The van der Waals surface area contributed by atoms with Crippen molar-refractivity contribution in [1.82, 2.24) is 9.55 Å². The van der Waals surface area contributed by atoms with E-state index in [-0.39, 0.29) is 11.2 Å². The van der Waals surface area contributed by atoms with E-state index in [1.807, 2.05) is 50.6 Å². The predicted molar refractivity (Wildman–Crippen MR) is 91.7 cm³/mol. The van der Waals surface area contributed by atoms with E-state index >= 15 is 0 Å². The molecule has 2 aromatic rings. The summed E-state index contributed by atoms with van der Waals surface area (Å²) in [5.74, 6) is 0. The van der Waals surface area contributed by atoms with Gasteiger partial charge in [0.1, 0.15) is 0 Å². The Hall–Kier alpha value is -1.11. The van der Waals surface area contributed by atoms with Crippen LogP contribution >= 0.6 is 15.9 Å². The van der Waals surface area contributed by atoms with Crippen molar-refractivity contribution in [3.05, 3.63) is 40.8 Å². The number of aryl methyl sites for hydroxylation is 1. The van der Waals surface area contributed by atoms with Crippen LogP contribution in [0.4, 0.5) is 0 Å². The SMILES string of the molecule is Cc1ccccc1-n1cc(B2OC(C)(C)C(C)(C)O2)nc1Br. The van der Waals surface area contributed by atoms with Crippen molar-refractivity contribution in [2.75, 3.05) is 0 Å². The van der Waals surface area contributed by atoms with Crippen LogP contribution in [0, 0.1) is 6.92 Å². The highest BCUT2D eigenvalue weighted by Gasteiger charge is 2.52. The zero-order valence-corrected chi connectivity index (χ0v) is 15.1. The number of aromatic nitrogens is 2. The molecule has 2 heterocycles. The first-order chi connectivity index (χ1) is 10.2. The Balaban J connectivity index is 1.96. The molecule has 0 unspecified atom stereocenters. The molecule has 1 fully saturated rings. The maximum atomic E-state index is 6.07. The third-order valence-corrected chi connectivity index (χ3v) is 5.11. The van der Waals surface area contributed by atoms with Gasteiger partial charge in [0, 0.05) is 6.20 Å². The Morgan fingerprint density at radius 2 is 1.68 bits per heavy atom. The van der Waals surface area contributed by atoms with Crippen molar-refractivity contribution in [3.63, 3.8) is 0 Å². The largest absolute Gasteiger partial charge is 0.516 e. The molecular formula is C16H20BBrN2O2. The molecule has 116 valence electrons. The lowest BCUT2D eigenvalue weighted by molar-refractivity contribution is 0.00578. The molecule has 1 aliphatic rings. The van der Waals surface area contributed by atoms with Crippen molar-refractivity contribution in [1.29, 1.82) is 0 Å². The number of hydrogen-bond acceptors (Lipinski definition) is 3. The van der Waals surface area contributed by atoms with Gasteiger partial charge in [-0.3, -0.25) is 4.57 Å². The Morgan fingerprint density at radius 3 is 2.27 bits per heavy atom. The fourth-order valence-electron chi connectivity index (χ4n) is 2.45. The molecule has 0 atom stereocenters. The fraction of sp³-hybridized carbons (Fsp3) is 0.438. The van der Waals surface area contributed by atoms with Gasteiger partial charge >= 0.3 is 7.12 Å². The first-order valence-corrected chi connectivity index (χ1v) is 8.17. The number of imidazole rings is 1. The fourth-order valence-corrected chi connectivity index (χ4v) is 2.95. The topological polar surface area (TPSA) is 36.3 Å². The third kappa shape index (κ3) is 2.53. The molecule has 1 saturated heterocycles. The van der Waals surface area contributed by atoms with Gasteiger partial charge in [0.25, 0.3) is 0 Å². The molecule has 1 aromatic carbocycles. The molecule has 0 amide bonds. The molecule has 0 spiro atoms. The van der Waals surface area contributed by atoms with Crippen LogP contribution in [0.15, 0.2) is 35.2 Å². The van der Waals surface area contributed by atoms with Crippen LogP contribution in [0.5, 0.6) is 0 Å². The molecular weight excluding hydrogens is 343 g/mol. The molecule has 1 aromatic heterocycles. The Bertz CT molecular complexity index is 696. The average Bonchev–Trinajstić information content (AvgIpc) is 2.89. The number of nitrogens with zero attached hydrogens (tertiary/aromatic N) is 2. The maximum Gasteiger partial charge on any atom is 0.516 e. The highest BCUT2D eigenvalue weighted by Crippen LogP contribution is 2.36. The number of para-hydroxylation sites is 1. The van der Waals surface area contributed by atoms with E-state index in [0.29, 0.717) is 0 Å². The monoisotopic (exact) mass is 362 g/mol. The van der Waals surface area contributed by atoms with Gasteiger partial charge in [-0.05, 0) is 62.2 Å². The van der Waals surface area contributed by atoms with Gasteiger partial charge in [-0.15, -0.1) is 0 Å². The number of rotatable bonds is 2. The standard InChI is InChI=1S/C16H20BBrN2O2/c1-11-8-6-7-9-12(11)20-10-13(19-14(20)18)17-21-15(2,3)16(4,5)22-17/h6-10H,1-5H3. The number of benzene rings is 1. The van der Waals surface area contributed by atoms with Gasteiger partial charge in [-0.1, -0.05) is 18.2 Å². The molecule has 0 bridgehead atoms. The van der Waals surface area contributed by atoms with Crippen LogP contribution < -0.4 is 5.59 Å². The summed E-state index contributed by atoms with van der Waals surface area (Å²) >= 11 is 3.53. The van der Waals surface area contributed by atoms with Crippen molar-refractivity contribution >= 4 is 28.6 Å². The summed E-state index contributed by atoms with van der Waals surface area (Å²) in [6.07, 6.45) is 1.97. The second-order valence-corrected chi connectivity index (χ2v) is 7.39. The lowest BCUT2D eigenvalue weighted by Gasteiger charge is -2.32.